The topological polar surface area (TPSA) is 31.2 Å². The molecule has 0 N–H and O–H groups in total. The van der Waals surface area contributed by atoms with Gasteiger partial charge in [0.2, 0.25) is 0 Å². The van der Waals surface area contributed by atoms with Crippen molar-refractivity contribution >= 4 is 29.3 Å². The minimum atomic E-state index is -0.574. The fraction of sp³-hybridized carbons (Fsp3) is 0.545. The molecule has 0 aliphatic rings. The molecule has 0 saturated carbocycles. The van der Waals surface area contributed by atoms with Crippen LogP contribution in [0.2, 0.25) is 10.3 Å². The lowest BCUT2D eigenvalue weighted by atomic mass is 10.2. The summed E-state index contributed by atoms with van der Waals surface area (Å²) in [6.07, 6.45) is -0.557. The predicted molar refractivity (Wildman–Crippen MR) is 65.6 cm³/mol. The number of carbonyl (C=O) groups excluding carboxylic acids is 1. The van der Waals surface area contributed by atoms with Crippen LogP contribution in [0.15, 0.2) is 0 Å². The van der Waals surface area contributed by atoms with Gasteiger partial charge in [-0.25, -0.2) is 9.36 Å². The summed E-state index contributed by atoms with van der Waals surface area (Å²) in [6.45, 7) is 8.98. The maximum Gasteiger partial charge on any atom is 0.420 e. The van der Waals surface area contributed by atoms with E-state index in [0.717, 1.165) is 11.1 Å². The first kappa shape index (κ1) is 13.4. The van der Waals surface area contributed by atoms with E-state index in [4.69, 9.17) is 27.9 Å². The third-order valence-corrected chi connectivity index (χ3v) is 3.06. The van der Waals surface area contributed by atoms with E-state index < -0.39 is 11.7 Å². The van der Waals surface area contributed by atoms with E-state index in [0.29, 0.717) is 10.3 Å². The molecule has 0 saturated heterocycles. The summed E-state index contributed by atoms with van der Waals surface area (Å²) in [5.74, 6) is 0. The maximum absolute atomic E-state index is 11.8. The Bertz CT molecular complexity index is 405. The van der Waals surface area contributed by atoms with Gasteiger partial charge >= 0.3 is 6.09 Å². The van der Waals surface area contributed by atoms with Gasteiger partial charge in [-0.15, -0.1) is 0 Å². The van der Waals surface area contributed by atoms with Crippen molar-refractivity contribution < 1.29 is 9.53 Å². The Morgan fingerprint density at radius 3 is 1.81 bits per heavy atom. The lowest BCUT2D eigenvalue weighted by Crippen LogP contribution is -2.27. The van der Waals surface area contributed by atoms with Gasteiger partial charge in [0.25, 0.3) is 0 Å². The quantitative estimate of drug-likeness (QED) is 0.703. The van der Waals surface area contributed by atoms with Crippen molar-refractivity contribution in [1.29, 1.82) is 0 Å². The third kappa shape index (κ3) is 2.53. The normalized spacial score (nSPS) is 11.7. The SMILES string of the molecule is Cc1c(C)c(Cl)n(C(=O)OC(C)(C)C)c1Cl. The smallest absolute Gasteiger partial charge is 0.420 e. The van der Waals surface area contributed by atoms with Crippen LogP contribution in [0, 0.1) is 13.8 Å². The predicted octanol–water partition coefficient (Wildman–Crippen LogP) is 4.19. The third-order valence-electron chi connectivity index (χ3n) is 2.15. The molecule has 0 fully saturated rings. The first-order valence-corrected chi connectivity index (χ1v) is 5.67. The molecule has 0 radical (unpaired) electrons. The fourth-order valence-corrected chi connectivity index (χ4v) is 1.83. The van der Waals surface area contributed by atoms with Gasteiger partial charge in [0.1, 0.15) is 15.9 Å². The van der Waals surface area contributed by atoms with Gasteiger partial charge in [0, 0.05) is 0 Å². The summed E-state index contributed by atoms with van der Waals surface area (Å²) in [7, 11) is 0. The van der Waals surface area contributed by atoms with E-state index in [2.05, 4.69) is 0 Å². The first-order valence-electron chi connectivity index (χ1n) is 4.91. The Morgan fingerprint density at radius 2 is 1.50 bits per heavy atom. The molecule has 1 aromatic heterocycles. The molecule has 1 rings (SSSR count). The second-order valence-electron chi connectivity index (χ2n) is 4.65. The second-order valence-corrected chi connectivity index (χ2v) is 5.36. The minimum Gasteiger partial charge on any atom is -0.443 e. The van der Waals surface area contributed by atoms with Crippen LogP contribution in [0.4, 0.5) is 4.79 Å². The van der Waals surface area contributed by atoms with Gasteiger partial charge in [0.15, 0.2) is 0 Å². The van der Waals surface area contributed by atoms with Gasteiger partial charge in [-0.05, 0) is 45.7 Å². The van der Waals surface area contributed by atoms with Crippen molar-refractivity contribution in [2.24, 2.45) is 0 Å². The number of carbonyl (C=O) groups is 1. The van der Waals surface area contributed by atoms with Gasteiger partial charge in [-0.1, -0.05) is 23.2 Å². The van der Waals surface area contributed by atoms with Crippen molar-refractivity contribution in [3.05, 3.63) is 21.4 Å². The van der Waals surface area contributed by atoms with Gasteiger partial charge in [0.05, 0.1) is 0 Å². The lowest BCUT2D eigenvalue weighted by molar-refractivity contribution is 0.0538. The summed E-state index contributed by atoms with van der Waals surface area (Å²) < 4.78 is 6.39. The van der Waals surface area contributed by atoms with E-state index in [1.54, 1.807) is 20.8 Å². The molecule has 1 aromatic rings. The van der Waals surface area contributed by atoms with Crippen LogP contribution in [0.1, 0.15) is 31.9 Å². The van der Waals surface area contributed by atoms with Gasteiger partial charge < -0.3 is 4.74 Å². The van der Waals surface area contributed by atoms with E-state index in [1.165, 1.54) is 4.57 Å². The summed E-state index contributed by atoms with van der Waals surface area (Å²) >= 11 is 12.0. The molecule has 90 valence electrons. The van der Waals surface area contributed by atoms with Crippen LogP contribution in [0.25, 0.3) is 0 Å². The first-order chi connectivity index (χ1) is 7.15. The number of aromatic nitrogens is 1. The molecule has 0 aliphatic heterocycles. The number of halogens is 2. The van der Waals surface area contributed by atoms with E-state index >= 15 is 0 Å². The number of nitrogens with zero attached hydrogens (tertiary/aromatic N) is 1. The van der Waals surface area contributed by atoms with Crippen molar-refractivity contribution in [3.63, 3.8) is 0 Å². The fourth-order valence-electron chi connectivity index (χ4n) is 1.20. The molecule has 0 amide bonds. The Balaban J connectivity index is 3.15. The van der Waals surface area contributed by atoms with Crippen molar-refractivity contribution in [2.75, 3.05) is 0 Å². The zero-order chi connectivity index (χ0) is 12.7. The highest BCUT2D eigenvalue weighted by Gasteiger charge is 2.24. The molecule has 0 atom stereocenters. The molecule has 0 unspecified atom stereocenters. The van der Waals surface area contributed by atoms with Crippen LogP contribution in [-0.2, 0) is 4.74 Å². The van der Waals surface area contributed by atoms with E-state index in [1.807, 2.05) is 13.8 Å². The monoisotopic (exact) mass is 263 g/mol. The highest BCUT2D eigenvalue weighted by atomic mass is 35.5. The van der Waals surface area contributed by atoms with Crippen molar-refractivity contribution in [3.8, 4) is 0 Å². The van der Waals surface area contributed by atoms with E-state index in [9.17, 15) is 4.79 Å². The molecule has 16 heavy (non-hydrogen) atoms. The maximum atomic E-state index is 11.8. The Hall–Kier alpha value is -0.670. The molecular formula is C11H15Cl2NO2. The summed E-state index contributed by atoms with van der Waals surface area (Å²) in [5, 5.41) is 0.605. The summed E-state index contributed by atoms with van der Waals surface area (Å²) in [6, 6.07) is 0. The van der Waals surface area contributed by atoms with E-state index in [-0.39, 0.29) is 0 Å². The van der Waals surface area contributed by atoms with Crippen LogP contribution in [0.5, 0.6) is 0 Å². The zero-order valence-corrected chi connectivity index (χ0v) is 11.5. The average Bonchev–Trinajstić information content (AvgIpc) is 2.28. The standard InChI is InChI=1S/C11H15Cl2NO2/c1-6-7(2)9(13)14(8(6)12)10(15)16-11(3,4)5/h1-5H3. The van der Waals surface area contributed by atoms with Crippen LogP contribution in [0.3, 0.4) is 0 Å². The molecule has 5 heteroatoms. The molecular weight excluding hydrogens is 249 g/mol. The molecule has 3 nitrogen and oxygen atoms in total. The highest BCUT2D eigenvalue weighted by Crippen LogP contribution is 2.30. The summed E-state index contributed by atoms with van der Waals surface area (Å²) in [5.41, 5.74) is 1.01. The second kappa shape index (κ2) is 4.30. The highest BCUT2D eigenvalue weighted by molar-refractivity contribution is 6.36. The van der Waals surface area contributed by atoms with Crippen LogP contribution in [-0.4, -0.2) is 16.3 Å². The minimum absolute atomic E-state index is 0.303. The molecule has 0 aromatic carbocycles. The van der Waals surface area contributed by atoms with Crippen LogP contribution >= 0.6 is 23.2 Å². The Morgan fingerprint density at radius 1 is 1.12 bits per heavy atom. The Kier molecular flexibility index (Phi) is 3.60. The van der Waals surface area contributed by atoms with Crippen molar-refractivity contribution in [1.82, 2.24) is 4.57 Å². The van der Waals surface area contributed by atoms with Crippen LogP contribution < -0.4 is 0 Å². The number of rotatable bonds is 0. The number of ether oxygens (including phenoxy) is 1. The lowest BCUT2D eigenvalue weighted by Gasteiger charge is -2.20. The average molecular weight is 264 g/mol. The molecule has 0 aliphatic carbocycles. The molecule has 0 spiro atoms. The van der Waals surface area contributed by atoms with Gasteiger partial charge in [-0.2, -0.15) is 0 Å². The zero-order valence-electron chi connectivity index (χ0n) is 10.0. The number of hydrogen-bond donors (Lipinski definition) is 0. The van der Waals surface area contributed by atoms with Crippen molar-refractivity contribution in [2.45, 2.75) is 40.2 Å². The number of hydrogen-bond acceptors (Lipinski definition) is 2. The molecule has 1 heterocycles. The largest absolute Gasteiger partial charge is 0.443 e. The summed E-state index contributed by atoms with van der Waals surface area (Å²) in [4.78, 5) is 11.8. The molecule has 0 bridgehead atoms. The Labute approximate surface area is 105 Å². The van der Waals surface area contributed by atoms with Gasteiger partial charge in [-0.3, -0.25) is 0 Å².